The molecule has 1 atom stereocenters. The number of carbonyl (C=O) groups excluding carboxylic acids is 1. The molecule has 0 radical (unpaired) electrons. The topological polar surface area (TPSA) is 32.8 Å². The van der Waals surface area contributed by atoms with Crippen LogP contribution in [0.2, 0.25) is 0 Å². The molecule has 4 rings (SSSR count). The zero-order valence-electron chi connectivity index (χ0n) is 11.6. The van der Waals surface area contributed by atoms with Gasteiger partial charge < -0.3 is 14.5 Å². The maximum Gasteiger partial charge on any atom is 0.231 e. The summed E-state index contributed by atoms with van der Waals surface area (Å²) in [5, 5.41) is 0. The van der Waals surface area contributed by atoms with Gasteiger partial charge in [0.1, 0.15) is 6.23 Å². The van der Waals surface area contributed by atoms with Gasteiger partial charge in [-0.3, -0.25) is 4.79 Å². The molecule has 1 unspecified atom stereocenters. The van der Waals surface area contributed by atoms with E-state index in [9.17, 15) is 4.79 Å². The van der Waals surface area contributed by atoms with Crippen molar-refractivity contribution < 1.29 is 9.53 Å². The van der Waals surface area contributed by atoms with Crippen molar-refractivity contribution in [2.45, 2.75) is 25.5 Å². The van der Waals surface area contributed by atoms with Crippen LogP contribution in [0.4, 0.5) is 5.69 Å². The fourth-order valence-corrected chi connectivity index (χ4v) is 3.90. The fraction of sp³-hybridized carbons (Fsp3) is 0.562. The second kappa shape index (κ2) is 4.48. The quantitative estimate of drug-likeness (QED) is 0.782. The summed E-state index contributed by atoms with van der Waals surface area (Å²) in [5.74, 6) is 0.340. The average molecular weight is 272 g/mol. The van der Waals surface area contributed by atoms with E-state index in [-0.39, 0.29) is 11.6 Å². The van der Waals surface area contributed by atoms with E-state index in [0.717, 1.165) is 38.9 Å². The molecule has 0 saturated carbocycles. The number of anilines is 1. The number of fused-ring (bicyclic) bond motifs is 1. The highest BCUT2D eigenvalue weighted by Crippen LogP contribution is 2.46. The van der Waals surface area contributed by atoms with Crippen LogP contribution >= 0.6 is 0 Å². The first-order valence-electron chi connectivity index (χ1n) is 7.51. The third kappa shape index (κ3) is 1.74. The second-order valence-electron chi connectivity index (χ2n) is 6.13. The molecule has 1 aromatic rings. The van der Waals surface area contributed by atoms with Crippen LogP contribution in [0, 0.1) is 5.41 Å². The van der Waals surface area contributed by atoms with Gasteiger partial charge in [-0.05, 0) is 25.0 Å². The minimum Gasteiger partial charge on any atom is -0.371 e. The Kier molecular flexibility index (Phi) is 2.74. The smallest absolute Gasteiger partial charge is 0.231 e. The molecular formula is C16H20N2O2. The van der Waals surface area contributed by atoms with Crippen LogP contribution < -0.4 is 4.90 Å². The van der Waals surface area contributed by atoms with E-state index in [2.05, 4.69) is 29.2 Å². The summed E-state index contributed by atoms with van der Waals surface area (Å²) in [6, 6.07) is 10.5. The van der Waals surface area contributed by atoms with Crippen molar-refractivity contribution >= 4 is 11.6 Å². The molecule has 3 aliphatic heterocycles. The van der Waals surface area contributed by atoms with E-state index in [1.165, 1.54) is 5.69 Å². The number of para-hydroxylation sites is 1. The summed E-state index contributed by atoms with van der Waals surface area (Å²) in [6.45, 7) is 3.43. The van der Waals surface area contributed by atoms with Crippen molar-refractivity contribution in [3.05, 3.63) is 30.3 Å². The van der Waals surface area contributed by atoms with Gasteiger partial charge in [-0.2, -0.15) is 0 Å². The monoisotopic (exact) mass is 272 g/mol. The molecule has 4 nitrogen and oxygen atoms in total. The molecule has 3 saturated heterocycles. The van der Waals surface area contributed by atoms with Crippen LogP contribution in [0.25, 0.3) is 0 Å². The Bertz CT molecular complexity index is 508. The number of rotatable bonds is 1. The lowest BCUT2D eigenvalue weighted by molar-refractivity contribution is -0.137. The van der Waals surface area contributed by atoms with Crippen molar-refractivity contribution in [3.63, 3.8) is 0 Å². The lowest BCUT2D eigenvalue weighted by Gasteiger charge is -2.39. The SMILES string of the molecule is O=C1N2CCOC2CC12CCN(c1ccccc1)CC2. The number of hydrogen-bond donors (Lipinski definition) is 0. The maximum atomic E-state index is 12.6. The van der Waals surface area contributed by atoms with Crippen molar-refractivity contribution in [2.24, 2.45) is 5.41 Å². The van der Waals surface area contributed by atoms with Gasteiger partial charge in [0, 0.05) is 31.7 Å². The number of ether oxygens (including phenoxy) is 1. The zero-order valence-corrected chi connectivity index (χ0v) is 11.6. The molecule has 4 heteroatoms. The Morgan fingerprint density at radius 3 is 2.55 bits per heavy atom. The summed E-state index contributed by atoms with van der Waals surface area (Å²) < 4.78 is 5.68. The van der Waals surface area contributed by atoms with Gasteiger partial charge in [0.05, 0.1) is 12.0 Å². The predicted octanol–water partition coefficient (Wildman–Crippen LogP) is 1.86. The largest absolute Gasteiger partial charge is 0.371 e. The van der Waals surface area contributed by atoms with Gasteiger partial charge in [-0.15, -0.1) is 0 Å². The molecule has 1 spiro atoms. The van der Waals surface area contributed by atoms with Crippen molar-refractivity contribution in [2.75, 3.05) is 31.1 Å². The highest BCUT2D eigenvalue weighted by atomic mass is 16.5. The van der Waals surface area contributed by atoms with Gasteiger partial charge in [-0.25, -0.2) is 0 Å². The second-order valence-corrected chi connectivity index (χ2v) is 6.13. The van der Waals surface area contributed by atoms with E-state index in [0.29, 0.717) is 12.5 Å². The van der Waals surface area contributed by atoms with E-state index in [1.54, 1.807) is 0 Å². The molecule has 3 aliphatic rings. The normalized spacial score (nSPS) is 28.2. The van der Waals surface area contributed by atoms with Gasteiger partial charge in [0.15, 0.2) is 0 Å². The van der Waals surface area contributed by atoms with E-state index < -0.39 is 0 Å². The fourth-order valence-electron chi connectivity index (χ4n) is 3.90. The summed E-state index contributed by atoms with van der Waals surface area (Å²) in [4.78, 5) is 17.0. The molecule has 0 aromatic heterocycles. The van der Waals surface area contributed by atoms with E-state index in [1.807, 2.05) is 11.0 Å². The van der Waals surface area contributed by atoms with Crippen molar-refractivity contribution in [1.29, 1.82) is 0 Å². The minimum atomic E-state index is -0.142. The minimum absolute atomic E-state index is 0.0609. The third-order valence-corrected chi connectivity index (χ3v) is 5.11. The molecule has 1 amide bonds. The molecule has 0 aliphatic carbocycles. The molecule has 0 bridgehead atoms. The van der Waals surface area contributed by atoms with E-state index >= 15 is 0 Å². The predicted molar refractivity (Wildman–Crippen MR) is 76.4 cm³/mol. The first-order chi connectivity index (χ1) is 9.78. The summed E-state index contributed by atoms with van der Waals surface area (Å²) in [5.41, 5.74) is 1.13. The maximum absolute atomic E-state index is 12.6. The number of piperidine rings is 1. The first kappa shape index (κ1) is 12.2. The lowest BCUT2D eigenvalue weighted by Crippen LogP contribution is -2.44. The van der Waals surface area contributed by atoms with Crippen LogP contribution in [-0.2, 0) is 9.53 Å². The molecule has 3 fully saturated rings. The first-order valence-corrected chi connectivity index (χ1v) is 7.51. The van der Waals surface area contributed by atoms with Crippen LogP contribution in [0.1, 0.15) is 19.3 Å². The molecule has 20 heavy (non-hydrogen) atoms. The van der Waals surface area contributed by atoms with Crippen molar-refractivity contribution in [3.8, 4) is 0 Å². The molecule has 3 heterocycles. The molecule has 0 N–H and O–H groups in total. The highest BCUT2D eigenvalue weighted by Gasteiger charge is 2.54. The Balaban J connectivity index is 1.49. The molecular weight excluding hydrogens is 252 g/mol. The van der Waals surface area contributed by atoms with Crippen LogP contribution in [-0.4, -0.2) is 43.3 Å². The Morgan fingerprint density at radius 1 is 1.10 bits per heavy atom. The van der Waals surface area contributed by atoms with Crippen molar-refractivity contribution in [1.82, 2.24) is 4.90 Å². The van der Waals surface area contributed by atoms with Crippen LogP contribution in [0.5, 0.6) is 0 Å². The van der Waals surface area contributed by atoms with E-state index in [4.69, 9.17) is 4.74 Å². The zero-order chi connectivity index (χ0) is 13.6. The highest BCUT2D eigenvalue weighted by molar-refractivity contribution is 5.85. The Labute approximate surface area is 119 Å². The summed E-state index contributed by atoms with van der Waals surface area (Å²) in [6.07, 6.45) is 2.87. The van der Waals surface area contributed by atoms with Gasteiger partial charge >= 0.3 is 0 Å². The van der Waals surface area contributed by atoms with Crippen LogP contribution in [0.15, 0.2) is 30.3 Å². The Morgan fingerprint density at radius 2 is 1.85 bits per heavy atom. The number of carbonyl (C=O) groups is 1. The number of benzene rings is 1. The number of hydrogen-bond acceptors (Lipinski definition) is 3. The van der Waals surface area contributed by atoms with Gasteiger partial charge in [0.2, 0.25) is 5.91 Å². The van der Waals surface area contributed by atoms with Crippen LogP contribution in [0.3, 0.4) is 0 Å². The number of nitrogens with zero attached hydrogens (tertiary/aromatic N) is 2. The molecule has 1 aromatic carbocycles. The van der Waals surface area contributed by atoms with Gasteiger partial charge in [-0.1, -0.05) is 18.2 Å². The third-order valence-electron chi connectivity index (χ3n) is 5.11. The molecule has 106 valence electrons. The van der Waals surface area contributed by atoms with Gasteiger partial charge in [0.25, 0.3) is 0 Å². The standard InChI is InChI=1S/C16H20N2O2/c19-15-16(12-14-18(15)10-11-20-14)6-8-17(9-7-16)13-4-2-1-3-5-13/h1-5,14H,6-12H2. The summed E-state index contributed by atoms with van der Waals surface area (Å²) >= 11 is 0. The summed E-state index contributed by atoms with van der Waals surface area (Å²) in [7, 11) is 0. The average Bonchev–Trinajstić information content (AvgIpc) is 3.04. The lowest BCUT2D eigenvalue weighted by atomic mass is 9.76. The number of amides is 1. The Hall–Kier alpha value is -1.55.